The van der Waals surface area contributed by atoms with Crippen LogP contribution in [-0.4, -0.2) is 48.3 Å². The Hall–Kier alpha value is 0.0900. The van der Waals surface area contributed by atoms with Crippen molar-refractivity contribution in [2.24, 2.45) is 0 Å². The van der Waals surface area contributed by atoms with Crippen LogP contribution in [0.15, 0.2) is 0 Å². The summed E-state index contributed by atoms with van der Waals surface area (Å²) in [4.78, 5) is 10.7. The molecule has 1 fully saturated rings. The van der Waals surface area contributed by atoms with Crippen LogP contribution in [-0.2, 0) is 4.79 Å². The van der Waals surface area contributed by atoms with E-state index in [0.29, 0.717) is 6.54 Å². The minimum absolute atomic E-state index is 0.441. The molecule has 0 aromatic carbocycles. The topological polar surface area (TPSA) is 61.4 Å². The van der Waals surface area contributed by atoms with Gasteiger partial charge in [-0.2, -0.15) is 0 Å². The summed E-state index contributed by atoms with van der Waals surface area (Å²) < 4.78 is 0. The Kier molecular flexibility index (Phi) is 5.61. The van der Waals surface area contributed by atoms with Crippen LogP contribution in [0.5, 0.6) is 0 Å². The first-order valence-corrected chi connectivity index (χ1v) is 6.71. The fourth-order valence-electron chi connectivity index (χ4n) is 1.000. The maximum Gasteiger partial charge on any atom is 0.322 e. The minimum Gasteiger partial charge on any atom is -0.480 e. The molecule has 1 rings (SSSR count). The highest BCUT2D eigenvalue weighted by atomic mass is 33.1. The smallest absolute Gasteiger partial charge is 0.322 e. The van der Waals surface area contributed by atoms with E-state index in [1.54, 1.807) is 10.8 Å². The van der Waals surface area contributed by atoms with Crippen LogP contribution < -0.4 is 10.6 Å². The molecule has 1 aliphatic heterocycles. The summed E-state index contributed by atoms with van der Waals surface area (Å²) in [7, 11) is 3.61. The molecule has 0 spiro atoms. The van der Waals surface area contributed by atoms with E-state index < -0.39 is 12.0 Å². The van der Waals surface area contributed by atoms with Crippen LogP contribution in [0.2, 0.25) is 0 Å². The number of aliphatic carboxylic acids is 1. The largest absolute Gasteiger partial charge is 0.480 e. The van der Waals surface area contributed by atoms with Crippen LogP contribution in [0, 0.1) is 0 Å². The summed E-state index contributed by atoms with van der Waals surface area (Å²) >= 11 is 0. The molecule has 13 heavy (non-hydrogen) atoms. The van der Waals surface area contributed by atoms with Crippen molar-refractivity contribution >= 4 is 27.6 Å². The highest BCUT2D eigenvalue weighted by molar-refractivity contribution is 8.76. The Morgan fingerprint density at radius 2 is 2.00 bits per heavy atom. The van der Waals surface area contributed by atoms with E-state index in [9.17, 15) is 4.79 Å². The van der Waals surface area contributed by atoms with Gasteiger partial charge in [0.2, 0.25) is 0 Å². The maximum atomic E-state index is 10.7. The fourth-order valence-corrected chi connectivity index (χ4v) is 2.87. The second-order valence-corrected chi connectivity index (χ2v) is 5.40. The van der Waals surface area contributed by atoms with Gasteiger partial charge in [-0.05, 0) is 0 Å². The first kappa shape index (κ1) is 11.2. The molecule has 0 amide bonds. The van der Waals surface area contributed by atoms with Crippen molar-refractivity contribution in [3.05, 3.63) is 0 Å². The Labute approximate surface area is 85.6 Å². The number of hydrogen-bond acceptors (Lipinski definition) is 5. The number of carboxylic acids is 1. The van der Waals surface area contributed by atoms with Gasteiger partial charge in [0, 0.05) is 31.1 Å². The van der Waals surface area contributed by atoms with Crippen LogP contribution >= 0.6 is 21.6 Å². The number of hydrogen-bond donors (Lipinski definition) is 3. The quantitative estimate of drug-likeness (QED) is 0.544. The number of nitrogens with one attached hydrogen (secondary N) is 2. The Morgan fingerprint density at radius 1 is 1.31 bits per heavy atom. The average Bonchev–Trinajstić information content (AvgIpc) is 2.14. The lowest BCUT2D eigenvalue weighted by Crippen LogP contribution is -2.46. The standard InChI is InChI=1S/C7H14N2O2S2/c10-7(11)6-5-8-1-3-12-13-4-2-9-6/h6,8-9H,1-5H2,(H,10,11). The summed E-state index contributed by atoms with van der Waals surface area (Å²) in [6, 6.07) is -0.441. The predicted octanol–water partition coefficient (Wildman–Crippen LogP) is 0.0138. The van der Waals surface area contributed by atoms with E-state index >= 15 is 0 Å². The predicted molar refractivity (Wildman–Crippen MR) is 57.2 cm³/mol. The first-order chi connectivity index (χ1) is 6.30. The van der Waals surface area contributed by atoms with Crippen molar-refractivity contribution in [3.63, 3.8) is 0 Å². The van der Waals surface area contributed by atoms with Gasteiger partial charge < -0.3 is 15.7 Å². The van der Waals surface area contributed by atoms with Crippen LogP contribution in [0.3, 0.4) is 0 Å². The zero-order chi connectivity index (χ0) is 9.52. The molecule has 0 aromatic heterocycles. The number of carboxylic acid groups (broad SMARTS) is 1. The van der Waals surface area contributed by atoms with Crippen molar-refractivity contribution in [1.29, 1.82) is 0 Å². The highest BCUT2D eigenvalue weighted by Gasteiger charge is 2.15. The zero-order valence-corrected chi connectivity index (χ0v) is 8.92. The van der Waals surface area contributed by atoms with E-state index in [0.717, 1.165) is 24.6 Å². The van der Waals surface area contributed by atoms with E-state index in [2.05, 4.69) is 10.6 Å². The molecule has 0 saturated carbocycles. The Bertz CT molecular complexity index is 159. The normalized spacial score (nSPS) is 26.6. The zero-order valence-electron chi connectivity index (χ0n) is 7.28. The molecular weight excluding hydrogens is 208 g/mol. The van der Waals surface area contributed by atoms with Crippen molar-refractivity contribution in [2.75, 3.05) is 31.1 Å². The van der Waals surface area contributed by atoms with Crippen molar-refractivity contribution in [3.8, 4) is 0 Å². The SMILES string of the molecule is O=C(O)C1CNCCSSCCN1. The molecule has 0 aliphatic carbocycles. The van der Waals surface area contributed by atoms with Crippen LogP contribution in [0.25, 0.3) is 0 Å². The fraction of sp³-hybridized carbons (Fsp3) is 0.857. The third-order valence-electron chi connectivity index (χ3n) is 1.67. The monoisotopic (exact) mass is 222 g/mol. The van der Waals surface area contributed by atoms with Gasteiger partial charge >= 0.3 is 5.97 Å². The third-order valence-corrected chi connectivity index (χ3v) is 4.08. The minimum atomic E-state index is -0.772. The van der Waals surface area contributed by atoms with Gasteiger partial charge in [-0.15, -0.1) is 0 Å². The molecular formula is C7H14N2O2S2. The summed E-state index contributed by atoms with van der Waals surface area (Å²) in [6.45, 7) is 2.15. The van der Waals surface area contributed by atoms with Crippen molar-refractivity contribution in [2.45, 2.75) is 6.04 Å². The Balaban J connectivity index is 2.30. The van der Waals surface area contributed by atoms with Crippen molar-refractivity contribution in [1.82, 2.24) is 10.6 Å². The van der Waals surface area contributed by atoms with Gasteiger partial charge in [0.15, 0.2) is 0 Å². The molecule has 76 valence electrons. The lowest BCUT2D eigenvalue weighted by atomic mass is 10.3. The molecule has 1 saturated heterocycles. The molecule has 6 heteroatoms. The summed E-state index contributed by atoms with van der Waals surface area (Å²) in [5.74, 6) is 1.23. The van der Waals surface area contributed by atoms with Gasteiger partial charge in [-0.3, -0.25) is 4.79 Å². The van der Waals surface area contributed by atoms with E-state index in [4.69, 9.17) is 5.11 Å². The lowest BCUT2D eigenvalue weighted by Gasteiger charge is -2.16. The summed E-state index contributed by atoms with van der Waals surface area (Å²) in [5, 5.41) is 14.9. The molecule has 4 nitrogen and oxygen atoms in total. The number of carbonyl (C=O) groups is 1. The van der Waals surface area contributed by atoms with Crippen LogP contribution in [0.1, 0.15) is 0 Å². The van der Waals surface area contributed by atoms with Crippen LogP contribution in [0.4, 0.5) is 0 Å². The maximum absolute atomic E-state index is 10.7. The van der Waals surface area contributed by atoms with E-state index in [1.165, 1.54) is 0 Å². The number of rotatable bonds is 1. The molecule has 0 radical (unpaired) electrons. The second-order valence-electron chi connectivity index (χ2n) is 2.69. The highest BCUT2D eigenvalue weighted by Crippen LogP contribution is 2.19. The molecule has 0 aromatic rings. The van der Waals surface area contributed by atoms with E-state index in [1.807, 2.05) is 10.8 Å². The molecule has 0 bridgehead atoms. The molecule has 3 N–H and O–H groups in total. The van der Waals surface area contributed by atoms with Gasteiger partial charge in [0.05, 0.1) is 0 Å². The molecule has 1 unspecified atom stereocenters. The van der Waals surface area contributed by atoms with Gasteiger partial charge in [-0.1, -0.05) is 21.6 Å². The Morgan fingerprint density at radius 3 is 2.69 bits per heavy atom. The molecule has 1 heterocycles. The summed E-state index contributed by atoms with van der Waals surface area (Å²) in [5.41, 5.74) is 0. The van der Waals surface area contributed by atoms with Gasteiger partial charge in [0.1, 0.15) is 6.04 Å². The average molecular weight is 222 g/mol. The van der Waals surface area contributed by atoms with Gasteiger partial charge in [-0.25, -0.2) is 0 Å². The van der Waals surface area contributed by atoms with Crippen molar-refractivity contribution < 1.29 is 9.90 Å². The third kappa shape index (κ3) is 4.75. The lowest BCUT2D eigenvalue weighted by molar-refractivity contribution is -0.139. The summed E-state index contributed by atoms with van der Waals surface area (Å²) in [6.07, 6.45) is 0. The van der Waals surface area contributed by atoms with Gasteiger partial charge in [0.25, 0.3) is 0 Å². The first-order valence-electron chi connectivity index (χ1n) is 4.22. The van der Waals surface area contributed by atoms with E-state index in [-0.39, 0.29) is 0 Å². The molecule has 1 atom stereocenters. The second kappa shape index (κ2) is 6.53. The molecule has 1 aliphatic rings.